The Bertz CT molecular complexity index is 231. The molecule has 0 heterocycles. The van der Waals surface area contributed by atoms with E-state index in [0.717, 1.165) is 4.90 Å². The van der Waals surface area contributed by atoms with Crippen molar-refractivity contribution in [1.29, 1.82) is 0 Å². The molecule has 0 rings (SSSR count). The van der Waals surface area contributed by atoms with E-state index >= 15 is 0 Å². The number of urea groups is 1. The van der Waals surface area contributed by atoms with E-state index in [-0.39, 0.29) is 18.6 Å². The smallest absolute Gasteiger partial charge is 0.323 e. The fraction of sp³-hybridized carbons (Fsp3) is 0.778. The summed E-state index contributed by atoms with van der Waals surface area (Å²) in [5, 5.41) is 11.2. The maximum Gasteiger partial charge on any atom is 0.323 e. The summed E-state index contributed by atoms with van der Waals surface area (Å²) in [6.07, 6.45) is 0. The normalized spacial score (nSPS) is 12.3. The molecule has 0 fully saturated rings. The van der Waals surface area contributed by atoms with Crippen molar-refractivity contribution in [1.82, 2.24) is 15.1 Å². The number of carbonyl (C=O) groups excluding carboxylic acids is 1. The van der Waals surface area contributed by atoms with Gasteiger partial charge in [0.2, 0.25) is 0 Å². The lowest BCUT2D eigenvalue weighted by Gasteiger charge is -2.22. The van der Waals surface area contributed by atoms with Crippen LogP contribution < -0.4 is 5.32 Å². The van der Waals surface area contributed by atoms with Gasteiger partial charge in [0.25, 0.3) is 0 Å². The molecule has 2 N–H and O–H groups in total. The van der Waals surface area contributed by atoms with Crippen LogP contribution in [0.3, 0.4) is 0 Å². The molecule has 0 aromatic heterocycles. The molecular weight excluding hydrogens is 198 g/mol. The highest BCUT2D eigenvalue weighted by Crippen LogP contribution is 1.89. The summed E-state index contributed by atoms with van der Waals surface area (Å²) >= 11 is 0. The van der Waals surface area contributed by atoms with E-state index in [9.17, 15) is 9.59 Å². The van der Waals surface area contributed by atoms with E-state index < -0.39 is 5.97 Å². The van der Waals surface area contributed by atoms with Gasteiger partial charge in [0, 0.05) is 19.6 Å². The average molecular weight is 217 g/mol. The molecule has 15 heavy (non-hydrogen) atoms. The van der Waals surface area contributed by atoms with Crippen LogP contribution in [0, 0.1) is 0 Å². The second-order valence-corrected chi connectivity index (χ2v) is 3.86. The summed E-state index contributed by atoms with van der Waals surface area (Å²) < 4.78 is 0. The number of aliphatic carboxylic acids is 1. The molecular formula is C9H19N3O3. The summed E-state index contributed by atoms with van der Waals surface area (Å²) in [4.78, 5) is 24.8. The molecule has 1 atom stereocenters. The van der Waals surface area contributed by atoms with Crippen molar-refractivity contribution >= 4 is 12.0 Å². The Morgan fingerprint density at radius 3 is 2.27 bits per heavy atom. The molecule has 88 valence electrons. The van der Waals surface area contributed by atoms with E-state index in [0.29, 0.717) is 6.54 Å². The topological polar surface area (TPSA) is 72.9 Å². The zero-order chi connectivity index (χ0) is 12.0. The molecule has 0 saturated heterocycles. The number of nitrogens with one attached hydrogen (secondary N) is 1. The van der Waals surface area contributed by atoms with E-state index in [1.54, 1.807) is 0 Å². The van der Waals surface area contributed by atoms with E-state index in [1.807, 2.05) is 25.9 Å². The number of rotatable bonds is 5. The van der Waals surface area contributed by atoms with E-state index in [4.69, 9.17) is 5.11 Å². The number of likely N-dealkylation sites (N-methyl/N-ethyl adjacent to an activating group) is 2. The highest BCUT2D eigenvalue weighted by atomic mass is 16.4. The minimum atomic E-state index is -1.02. The molecule has 0 aliphatic heterocycles. The predicted octanol–water partition coefficient (Wildman–Crippen LogP) is -0.337. The molecule has 0 aliphatic carbocycles. The zero-order valence-electron chi connectivity index (χ0n) is 9.65. The zero-order valence-corrected chi connectivity index (χ0v) is 9.65. The third-order valence-corrected chi connectivity index (χ3v) is 1.73. The number of hydrogen-bond donors (Lipinski definition) is 2. The number of carboxylic acids is 1. The highest BCUT2D eigenvalue weighted by Gasteiger charge is 2.14. The van der Waals surface area contributed by atoms with Gasteiger partial charge in [-0.2, -0.15) is 0 Å². The first-order chi connectivity index (χ1) is 6.82. The van der Waals surface area contributed by atoms with E-state index in [1.165, 1.54) is 7.05 Å². The van der Waals surface area contributed by atoms with Gasteiger partial charge in [-0.3, -0.25) is 4.79 Å². The third-order valence-electron chi connectivity index (χ3n) is 1.73. The molecule has 0 aromatic carbocycles. The Labute approximate surface area is 89.8 Å². The van der Waals surface area contributed by atoms with Gasteiger partial charge < -0.3 is 20.2 Å². The van der Waals surface area contributed by atoms with Crippen LogP contribution in [-0.4, -0.2) is 67.2 Å². The number of hydrogen-bond acceptors (Lipinski definition) is 3. The van der Waals surface area contributed by atoms with Crippen molar-refractivity contribution in [2.45, 2.75) is 13.0 Å². The molecule has 0 saturated carbocycles. The Morgan fingerprint density at radius 1 is 1.33 bits per heavy atom. The Kier molecular flexibility index (Phi) is 5.69. The second kappa shape index (κ2) is 6.23. The van der Waals surface area contributed by atoms with Crippen molar-refractivity contribution in [2.24, 2.45) is 0 Å². The molecule has 2 amide bonds. The van der Waals surface area contributed by atoms with Gasteiger partial charge in [0.15, 0.2) is 0 Å². The first-order valence-corrected chi connectivity index (χ1v) is 4.71. The maximum atomic E-state index is 11.4. The van der Waals surface area contributed by atoms with Gasteiger partial charge in [-0.25, -0.2) is 4.79 Å². The summed E-state index contributed by atoms with van der Waals surface area (Å²) in [6, 6.07) is -0.379. The summed E-state index contributed by atoms with van der Waals surface area (Å²) in [5.74, 6) is -1.02. The monoisotopic (exact) mass is 217 g/mol. The first kappa shape index (κ1) is 13.7. The second-order valence-electron chi connectivity index (χ2n) is 3.86. The van der Waals surface area contributed by atoms with Gasteiger partial charge in [0.05, 0.1) is 0 Å². The molecule has 0 aliphatic rings. The van der Waals surface area contributed by atoms with Crippen LogP contribution in [0.1, 0.15) is 6.92 Å². The minimum Gasteiger partial charge on any atom is -0.480 e. The van der Waals surface area contributed by atoms with Gasteiger partial charge in [-0.1, -0.05) is 0 Å². The number of carbonyl (C=O) groups is 2. The van der Waals surface area contributed by atoms with Gasteiger partial charge in [-0.05, 0) is 21.0 Å². The quantitative estimate of drug-likeness (QED) is 0.661. The van der Waals surface area contributed by atoms with Crippen molar-refractivity contribution in [2.75, 3.05) is 34.2 Å². The lowest BCUT2D eigenvalue weighted by atomic mass is 10.3. The molecule has 6 nitrogen and oxygen atoms in total. The van der Waals surface area contributed by atoms with Gasteiger partial charge >= 0.3 is 12.0 Å². The van der Waals surface area contributed by atoms with Crippen molar-refractivity contribution in [3.63, 3.8) is 0 Å². The summed E-state index contributed by atoms with van der Waals surface area (Å²) in [5.41, 5.74) is 0. The first-order valence-electron chi connectivity index (χ1n) is 4.71. The number of nitrogens with zero attached hydrogens (tertiary/aromatic N) is 2. The van der Waals surface area contributed by atoms with E-state index in [2.05, 4.69) is 5.32 Å². The number of carboxylic acid groups (broad SMARTS) is 1. The summed E-state index contributed by atoms with van der Waals surface area (Å²) in [7, 11) is 5.26. The SMILES string of the molecule is CC(CN(C)C)NC(=O)N(C)CC(=O)O. The van der Waals surface area contributed by atoms with Gasteiger partial charge in [-0.15, -0.1) is 0 Å². The minimum absolute atomic E-state index is 0.0104. The Balaban J connectivity index is 3.95. The van der Waals surface area contributed by atoms with Crippen LogP contribution in [0.4, 0.5) is 4.79 Å². The molecule has 6 heteroatoms. The van der Waals surface area contributed by atoms with Crippen LogP contribution in [0.15, 0.2) is 0 Å². The Morgan fingerprint density at radius 2 is 1.87 bits per heavy atom. The maximum absolute atomic E-state index is 11.4. The standard InChI is InChI=1S/C9H19N3O3/c1-7(5-11(2)3)10-9(15)12(4)6-8(13)14/h7H,5-6H2,1-4H3,(H,10,15)(H,13,14). The van der Waals surface area contributed by atoms with Gasteiger partial charge in [0.1, 0.15) is 6.54 Å². The third kappa shape index (κ3) is 6.73. The fourth-order valence-electron chi connectivity index (χ4n) is 1.19. The molecule has 0 spiro atoms. The van der Waals surface area contributed by atoms with Crippen LogP contribution in [0.2, 0.25) is 0 Å². The number of amides is 2. The van der Waals surface area contributed by atoms with Crippen LogP contribution >= 0.6 is 0 Å². The molecule has 0 radical (unpaired) electrons. The highest BCUT2D eigenvalue weighted by molar-refractivity contribution is 5.79. The molecule has 0 aromatic rings. The largest absolute Gasteiger partial charge is 0.480 e. The van der Waals surface area contributed by atoms with Crippen LogP contribution in [0.5, 0.6) is 0 Å². The van der Waals surface area contributed by atoms with Crippen molar-refractivity contribution in [3.05, 3.63) is 0 Å². The average Bonchev–Trinajstić information content (AvgIpc) is 2.00. The molecule has 0 bridgehead atoms. The molecule has 1 unspecified atom stereocenters. The fourth-order valence-corrected chi connectivity index (χ4v) is 1.19. The Hall–Kier alpha value is -1.30. The van der Waals surface area contributed by atoms with Crippen molar-refractivity contribution in [3.8, 4) is 0 Å². The predicted molar refractivity (Wildman–Crippen MR) is 56.8 cm³/mol. The summed E-state index contributed by atoms with van der Waals surface area (Å²) in [6.45, 7) is 2.29. The van der Waals surface area contributed by atoms with Crippen molar-refractivity contribution < 1.29 is 14.7 Å². The van der Waals surface area contributed by atoms with Crippen LogP contribution in [0.25, 0.3) is 0 Å². The lowest BCUT2D eigenvalue weighted by Crippen LogP contribution is -2.46. The lowest BCUT2D eigenvalue weighted by molar-refractivity contribution is -0.137. The van der Waals surface area contributed by atoms with Crippen LogP contribution in [-0.2, 0) is 4.79 Å².